The number of rotatable bonds is 7. The van der Waals surface area contributed by atoms with Crippen LogP contribution < -0.4 is 10.6 Å². The van der Waals surface area contributed by atoms with Gasteiger partial charge in [0.1, 0.15) is 0 Å². The molecule has 0 aromatic heterocycles. The first-order chi connectivity index (χ1) is 9.49. The summed E-state index contributed by atoms with van der Waals surface area (Å²) in [5, 5.41) is 5.81. The number of benzene rings is 1. The van der Waals surface area contributed by atoms with E-state index in [4.69, 9.17) is 0 Å². The molecule has 20 heavy (non-hydrogen) atoms. The summed E-state index contributed by atoms with van der Waals surface area (Å²) >= 11 is 0. The average molecular weight is 277 g/mol. The van der Waals surface area contributed by atoms with Crippen LogP contribution in [0.15, 0.2) is 30.3 Å². The van der Waals surface area contributed by atoms with Crippen LogP contribution in [-0.2, 0) is 9.59 Å². The topological polar surface area (TPSA) is 61.4 Å². The van der Waals surface area contributed by atoms with Gasteiger partial charge in [0, 0.05) is 19.3 Å². The van der Waals surface area contributed by atoms with Crippen LogP contribution in [0, 0.1) is 5.92 Å². The lowest BCUT2D eigenvalue weighted by molar-refractivity contribution is -0.133. The third-order valence-electron chi connectivity index (χ3n) is 2.73. The zero-order valence-corrected chi connectivity index (χ0v) is 12.3. The Labute approximate surface area is 120 Å². The average Bonchev–Trinajstić information content (AvgIpc) is 2.43. The van der Waals surface area contributed by atoms with Gasteiger partial charge in [0.2, 0.25) is 11.8 Å². The standard InChI is InChI=1S/C15H23N3O2/c1-12(2)9-17-14(19)11-18(3)15(20)10-16-13-7-5-4-6-8-13/h4-8,12,16H,9-11H2,1-3H3,(H,17,19). The molecule has 2 N–H and O–H groups in total. The van der Waals surface area contributed by atoms with Gasteiger partial charge in [-0.15, -0.1) is 0 Å². The van der Waals surface area contributed by atoms with Gasteiger partial charge in [-0.05, 0) is 18.1 Å². The number of carbonyl (C=O) groups excluding carboxylic acids is 2. The van der Waals surface area contributed by atoms with Crippen LogP contribution in [0.3, 0.4) is 0 Å². The van der Waals surface area contributed by atoms with Crippen molar-refractivity contribution in [1.82, 2.24) is 10.2 Å². The number of amides is 2. The van der Waals surface area contributed by atoms with Crippen molar-refractivity contribution in [2.45, 2.75) is 13.8 Å². The van der Waals surface area contributed by atoms with Gasteiger partial charge in [0.15, 0.2) is 0 Å². The number of nitrogens with one attached hydrogen (secondary N) is 2. The Hall–Kier alpha value is -2.04. The fourth-order valence-corrected chi connectivity index (χ4v) is 1.55. The Kier molecular flexibility index (Phi) is 6.56. The maximum absolute atomic E-state index is 11.9. The molecular weight excluding hydrogens is 254 g/mol. The van der Waals surface area contributed by atoms with Crippen molar-refractivity contribution in [3.63, 3.8) is 0 Å². The molecule has 0 saturated carbocycles. The Bertz CT molecular complexity index is 432. The van der Waals surface area contributed by atoms with E-state index >= 15 is 0 Å². The molecule has 1 aromatic carbocycles. The summed E-state index contributed by atoms with van der Waals surface area (Å²) in [6, 6.07) is 9.50. The molecule has 0 unspecified atom stereocenters. The van der Waals surface area contributed by atoms with Crippen molar-refractivity contribution >= 4 is 17.5 Å². The first kappa shape index (κ1) is 16.0. The molecule has 0 atom stereocenters. The molecule has 0 fully saturated rings. The van der Waals surface area contributed by atoms with Gasteiger partial charge < -0.3 is 15.5 Å². The van der Waals surface area contributed by atoms with Crippen molar-refractivity contribution in [3.8, 4) is 0 Å². The third kappa shape index (κ3) is 6.22. The van der Waals surface area contributed by atoms with E-state index < -0.39 is 0 Å². The molecule has 0 aliphatic carbocycles. The van der Waals surface area contributed by atoms with E-state index in [1.807, 2.05) is 44.2 Å². The molecule has 2 amide bonds. The molecule has 1 rings (SSSR count). The Morgan fingerprint density at radius 1 is 1.20 bits per heavy atom. The summed E-state index contributed by atoms with van der Waals surface area (Å²) in [5.74, 6) is 0.155. The van der Waals surface area contributed by atoms with Gasteiger partial charge in [-0.2, -0.15) is 0 Å². The highest BCUT2D eigenvalue weighted by Crippen LogP contribution is 2.04. The molecule has 0 aliphatic rings. The van der Waals surface area contributed by atoms with Crippen LogP contribution in [0.25, 0.3) is 0 Å². The van der Waals surface area contributed by atoms with E-state index in [1.54, 1.807) is 7.05 Å². The summed E-state index contributed by atoms with van der Waals surface area (Å²) in [7, 11) is 1.63. The zero-order valence-electron chi connectivity index (χ0n) is 12.3. The second kappa shape index (κ2) is 8.19. The smallest absolute Gasteiger partial charge is 0.242 e. The van der Waals surface area contributed by atoms with Crippen LogP contribution in [0.5, 0.6) is 0 Å². The molecule has 110 valence electrons. The highest BCUT2D eigenvalue weighted by atomic mass is 16.2. The minimum absolute atomic E-state index is 0.0853. The molecule has 0 aliphatic heterocycles. The largest absolute Gasteiger partial charge is 0.376 e. The van der Waals surface area contributed by atoms with E-state index in [9.17, 15) is 9.59 Å². The molecule has 5 nitrogen and oxygen atoms in total. The predicted molar refractivity (Wildman–Crippen MR) is 80.4 cm³/mol. The van der Waals surface area contributed by atoms with Gasteiger partial charge in [-0.3, -0.25) is 9.59 Å². The lowest BCUT2D eigenvalue weighted by Crippen LogP contribution is -2.41. The second-order valence-corrected chi connectivity index (χ2v) is 5.17. The summed E-state index contributed by atoms with van der Waals surface area (Å²) in [6.07, 6.45) is 0. The summed E-state index contributed by atoms with van der Waals surface area (Å²) in [6.45, 7) is 4.95. The van der Waals surface area contributed by atoms with Gasteiger partial charge in [0.25, 0.3) is 0 Å². The van der Waals surface area contributed by atoms with Crippen molar-refractivity contribution in [2.75, 3.05) is 32.0 Å². The van der Waals surface area contributed by atoms with Crippen LogP contribution in [0.4, 0.5) is 5.69 Å². The van der Waals surface area contributed by atoms with Gasteiger partial charge >= 0.3 is 0 Å². The second-order valence-electron chi connectivity index (χ2n) is 5.17. The molecule has 0 spiro atoms. The number of nitrogens with zero attached hydrogens (tertiary/aromatic N) is 1. The fourth-order valence-electron chi connectivity index (χ4n) is 1.55. The highest BCUT2D eigenvalue weighted by molar-refractivity contribution is 5.86. The Morgan fingerprint density at radius 3 is 2.45 bits per heavy atom. The molecular formula is C15H23N3O2. The number of para-hydroxylation sites is 1. The van der Waals surface area contributed by atoms with Crippen LogP contribution >= 0.6 is 0 Å². The fraction of sp³-hybridized carbons (Fsp3) is 0.467. The first-order valence-corrected chi connectivity index (χ1v) is 6.78. The molecule has 1 aromatic rings. The van der Waals surface area contributed by atoms with Crippen molar-refractivity contribution < 1.29 is 9.59 Å². The quantitative estimate of drug-likeness (QED) is 0.790. The summed E-state index contributed by atoms with van der Waals surface area (Å²) < 4.78 is 0. The van der Waals surface area contributed by atoms with Gasteiger partial charge in [0.05, 0.1) is 13.1 Å². The maximum atomic E-state index is 11.9. The minimum Gasteiger partial charge on any atom is -0.376 e. The van der Waals surface area contributed by atoms with E-state index in [-0.39, 0.29) is 24.9 Å². The molecule has 0 bridgehead atoms. The lowest BCUT2D eigenvalue weighted by Gasteiger charge is -2.18. The number of likely N-dealkylation sites (N-methyl/N-ethyl adjacent to an activating group) is 1. The lowest BCUT2D eigenvalue weighted by atomic mass is 10.2. The van der Waals surface area contributed by atoms with Gasteiger partial charge in [-0.1, -0.05) is 32.0 Å². The first-order valence-electron chi connectivity index (χ1n) is 6.78. The van der Waals surface area contributed by atoms with E-state index in [0.717, 1.165) is 5.69 Å². The van der Waals surface area contributed by atoms with E-state index in [2.05, 4.69) is 10.6 Å². The SMILES string of the molecule is CC(C)CNC(=O)CN(C)C(=O)CNc1ccccc1. The number of carbonyl (C=O) groups is 2. The summed E-state index contributed by atoms with van der Waals surface area (Å²) in [4.78, 5) is 24.9. The number of hydrogen-bond donors (Lipinski definition) is 2. The van der Waals surface area contributed by atoms with E-state index in [0.29, 0.717) is 12.5 Å². The monoisotopic (exact) mass is 277 g/mol. The normalized spacial score (nSPS) is 10.2. The van der Waals surface area contributed by atoms with Crippen molar-refractivity contribution in [3.05, 3.63) is 30.3 Å². The van der Waals surface area contributed by atoms with Crippen LogP contribution in [0.1, 0.15) is 13.8 Å². The minimum atomic E-state index is -0.130. The molecule has 0 radical (unpaired) electrons. The van der Waals surface area contributed by atoms with Crippen LogP contribution in [0.2, 0.25) is 0 Å². The number of hydrogen-bond acceptors (Lipinski definition) is 3. The molecule has 0 heterocycles. The molecule has 5 heteroatoms. The van der Waals surface area contributed by atoms with Crippen molar-refractivity contribution in [1.29, 1.82) is 0 Å². The van der Waals surface area contributed by atoms with Crippen LogP contribution in [-0.4, -0.2) is 43.4 Å². The maximum Gasteiger partial charge on any atom is 0.242 e. The molecule has 0 saturated heterocycles. The van der Waals surface area contributed by atoms with Gasteiger partial charge in [-0.25, -0.2) is 0 Å². The Morgan fingerprint density at radius 2 is 1.85 bits per heavy atom. The van der Waals surface area contributed by atoms with E-state index in [1.165, 1.54) is 4.90 Å². The Balaban J connectivity index is 2.30. The highest BCUT2D eigenvalue weighted by Gasteiger charge is 2.12. The zero-order chi connectivity index (χ0) is 15.0. The van der Waals surface area contributed by atoms with Crippen molar-refractivity contribution in [2.24, 2.45) is 5.92 Å². The third-order valence-corrected chi connectivity index (χ3v) is 2.73. The number of anilines is 1. The summed E-state index contributed by atoms with van der Waals surface area (Å²) in [5.41, 5.74) is 0.888. The predicted octanol–water partition coefficient (Wildman–Crippen LogP) is 1.33.